The van der Waals surface area contributed by atoms with E-state index in [9.17, 15) is 0 Å². The van der Waals surface area contributed by atoms with Gasteiger partial charge in [-0.2, -0.15) is 0 Å². The Balaban J connectivity index is 1.81. The normalized spacial score (nSPS) is 15.8. The van der Waals surface area contributed by atoms with Crippen LogP contribution in [0.3, 0.4) is 0 Å². The number of ether oxygens (including phenoxy) is 1. The van der Waals surface area contributed by atoms with Crippen LogP contribution in [0.4, 0.5) is 0 Å². The van der Waals surface area contributed by atoms with E-state index in [1.807, 2.05) is 19.2 Å². The van der Waals surface area contributed by atoms with Crippen molar-refractivity contribution in [1.82, 2.24) is 4.98 Å². The first kappa shape index (κ1) is 10.6. The number of pyridine rings is 1. The number of benzene rings is 1. The van der Waals surface area contributed by atoms with Gasteiger partial charge in [0.25, 0.3) is 0 Å². The maximum absolute atomic E-state index is 5.84. The second-order valence-electron chi connectivity index (χ2n) is 4.89. The molecule has 0 aliphatic heterocycles. The summed E-state index contributed by atoms with van der Waals surface area (Å²) in [4.78, 5) is 4.29. The van der Waals surface area contributed by atoms with Gasteiger partial charge >= 0.3 is 0 Å². The van der Waals surface area contributed by atoms with Gasteiger partial charge in [0.05, 0.1) is 6.61 Å². The van der Waals surface area contributed by atoms with E-state index in [1.54, 1.807) is 0 Å². The number of aromatic nitrogens is 1. The molecule has 0 spiro atoms. The highest BCUT2D eigenvalue weighted by molar-refractivity contribution is 5.85. The van der Waals surface area contributed by atoms with Crippen LogP contribution in [0.5, 0.6) is 5.75 Å². The van der Waals surface area contributed by atoms with E-state index >= 15 is 0 Å². The summed E-state index contributed by atoms with van der Waals surface area (Å²) in [5.74, 6) is 1.76. The Morgan fingerprint density at radius 2 is 2.18 bits per heavy atom. The lowest BCUT2D eigenvalue weighted by atomic mass is 9.86. The summed E-state index contributed by atoms with van der Waals surface area (Å²) in [6, 6.07) is 8.31. The highest BCUT2D eigenvalue weighted by Gasteiger charge is 2.17. The minimum absolute atomic E-state index is 0.782. The molecule has 3 rings (SSSR count). The molecule has 88 valence electrons. The molecule has 1 saturated carbocycles. The predicted molar refractivity (Wildman–Crippen MR) is 69.3 cm³/mol. The van der Waals surface area contributed by atoms with Crippen molar-refractivity contribution in [1.29, 1.82) is 0 Å². The zero-order valence-electron chi connectivity index (χ0n) is 10.1. The summed E-state index contributed by atoms with van der Waals surface area (Å²) >= 11 is 0. The second kappa shape index (κ2) is 4.36. The number of nitrogens with zero attached hydrogens (tertiary/aromatic N) is 1. The fourth-order valence-electron chi connectivity index (χ4n) is 2.27. The molecule has 2 aromatic rings. The highest BCUT2D eigenvalue weighted by atomic mass is 16.5. The zero-order valence-corrected chi connectivity index (χ0v) is 10.1. The summed E-state index contributed by atoms with van der Waals surface area (Å²) in [5.41, 5.74) is 1.08. The summed E-state index contributed by atoms with van der Waals surface area (Å²) in [7, 11) is 0. The molecule has 1 aliphatic carbocycles. The quantitative estimate of drug-likeness (QED) is 0.797. The van der Waals surface area contributed by atoms with Crippen LogP contribution in [0, 0.1) is 12.8 Å². The molecule has 0 saturated heterocycles. The van der Waals surface area contributed by atoms with E-state index in [-0.39, 0.29) is 0 Å². The summed E-state index contributed by atoms with van der Waals surface area (Å²) in [5, 5.41) is 2.42. The van der Waals surface area contributed by atoms with Gasteiger partial charge in [0.2, 0.25) is 0 Å². The monoisotopic (exact) mass is 227 g/mol. The van der Waals surface area contributed by atoms with Gasteiger partial charge in [0.1, 0.15) is 5.75 Å². The second-order valence-corrected chi connectivity index (χ2v) is 4.89. The fraction of sp³-hybridized carbons (Fsp3) is 0.400. The van der Waals surface area contributed by atoms with Crippen LogP contribution in [0.1, 0.15) is 25.0 Å². The highest BCUT2D eigenvalue weighted by Crippen LogP contribution is 2.28. The molecule has 1 fully saturated rings. The predicted octanol–water partition coefficient (Wildman–Crippen LogP) is 3.72. The number of aryl methyl sites for hydroxylation is 1. The van der Waals surface area contributed by atoms with Crippen molar-refractivity contribution < 1.29 is 4.74 Å². The van der Waals surface area contributed by atoms with Crippen molar-refractivity contribution in [3.63, 3.8) is 0 Å². The molecular formula is C15H17NO. The van der Waals surface area contributed by atoms with Crippen LogP contribution in [0.25, 0.3) is 10.8 Å². The van der Waals surface area contributed by atoms with Crippen LogP contribution < -0.4 is 4.74 Å². The van der Waals surface area contributed by atoms with E-state index in [0.29, 0.717) is 0 Å². The first-order valence-corrected chi connectivity index (χ1v) is 6.31. The summed E-state index contributed by atoms with van der Waals surface area (Å²) in [6.45, 7) is 2.91. The molecule has 1 aliphatic rings. The SMILES string of the molecule is Cc1nccc2cc(OCC3CCC3)ccc12. The van der Waals surface area contributed by atoms with Gasteiger partial charge in [-0.1, -0.05) is 6.42 Å². The molecule has 2 nitrogen and oxygen atoms in total. The van der Waals surface area contributed by atoms with Crippen LogP contribution >= 0.6 is 0 Å². The Morgan fingerprint density at radius 1 is 1.29 bits per heavy atom. The minimum Gasteiger partial charge on any atom is -0.493 e. The smallest absolute Gasteiger partial charge is 0.119 e. The Hall–Kier alpha value is -1.57. The number of hydrogen-bond acceptors (Lipinski definition) is 2. The number of rotatable bonds is 3. The molecule has 1 aromatic heterocycles. The molecule has 17 heavy (non-hydrogen) atoms. The van der Waals surface area contributed by atoms with E-state index in [1.165, 1.54) is 30.0 Å². The first-order valence-electron chi connectivity index (χ1n) is 6.31. The first-order chi connectivity index (χ1) is 8.33. The Kier molecular flexibility index (Phi) is 2.71. The van der Waals surface area contributed by atoms with Gasteiger partial charge in [-0.05, 0) is 55.3 Å². The maximum atomic E-state index is 5.84. The van der Waals surface area contributed by atoms with E-state index in [4.69, 9.17) is 4.74 Å². The lowest BCUT2D eigenvalue weighted by Crippen LogP contribution is -2.19. The number of hydrogen-bond donors (Lipinski definition) is 0. The van der Waals surface area contributed by atoms with Gasteiger partial charge in [-0.15, -0.1) is 0 Å². The van der Waals surface area contributed by atoms with Gasteiger partial charge in [-0.3, -0.25) is 4.98 Å². The minimum atomic E-state index is 0.782. The van der Waals surface area contributed by atoms with E-state index < -0.39 is 0 Å². The molecule has 0 bridgehead atoms. The largest absolute Gasteiger partial charge is 0.493 e. The third kappa shape index (κ3) is 2.12. The van der Waals surface area contributed by atoms with Crippen molar-refractivity contribution in [2.24, 2.45) is 5.92 Å². The number of fused-ring (bicyclic) bond motifs is 1. The third-order valence-electron chi connectivity index (χ3n) is 3.65. The molecule has 0 amide bonds. The standard InChI is InChI=1S/C15H17NO/c1-11-15-6-5-14(9-13(15)7-8-16-11)17-10-12-3-2-4-12/h5-9,12H,2-4,10H2,1H3. The topological polar surface area (TPSA) is 22.1 Å². The van der Waals surface area contributed by atoms with Crippen LogP contribution in [-0.4, -0.2) is 11.6 Å². The van der Waals surface area contributed by atoms with E-state index in [0.717, 1.165) is 24.0 Å². The maximum Gasteiger partial charge on any atom is 0.119 e. The average Bonchev–Trinajstić information content (AvgIpc) is 2.27. The zero-order chi connectivity index (χ0) is 11.7. The van der Waals surface area contributed by atoms with Crippen molar-refractivity contribution >= 4 is 10.8 Å². The molecule has 0 radical (unpaired) electrons. The van der Waals surface area contributed by atoms with E-state index in [2.05, 4.69) is 23.2 Å². The fourth-order valence-corrected chi connectivity index (χ4v) is 2.27. The summed E-state index contributed by atoms with van der Waals surface area (Å²) < 4.78 is 5.84. The lowest BCUT2D eigenvalue weighted by molar-refractivity contribution is 0.181. The van der Waals surface area contributed by atoms with Gasteiger partial charge in [-0.25, -0.2) is 0 Å². The molecule has 1 aromatic carbocycles. The third-order valence-corrected chi connectivity index (χ3v) is 3.65. The molecule has 2 heteroatoms. The molecule has 0 N–H and O–H groups in total. The van der Waals surface area contributed by atoms with Crippen LogP contribution in [-0.2, 0) is 0 Å². The lowest BCUT2D eigenvalue weighted by Gasteiger charge is -2.25. The van der Waals surface area contributed by atoms with Crippen LogP contribution in [0.2, 0.25) is 0 Å². The van der Waals surface area contributed by atoms with Crippen molar-refractivity contribution in [2.75, 3.05) is 6.61 Å². The van der Waals surface area contributed by atoms with Gasteiger partial charge in [0, 0.05) is 17.3 Å². The van der Waals surface area contributed by atoms with Crippen molar-refractivity contribution in [3.8, 4) is 5.75 Å². The van der Waals surface area contributed by atoms with Crippen LogP contribution in [0.15, 0.2) is 30.5 Å². The Labute approximate surface area is 102 Å². The summed E-state index contributed by atoms with van der Waals surface area (Å²) in [6.07, 6.45) is 5.89. The molecular weight excluding hydrogens is 210 g/mol. The van der Waals surface area contributed by atoms with Crippen molar-refractivity contribution in [3.05, 3.63) is 36.2 Å². The Bertz CT molecular complexity index is 531. The Morgan fingerprint density at radius 3 is 2.94 bits per heavy atom. The average molecular weight is 227 g/mol. The molecule has 0 unspecified atom stereocenters. The van der Waals surface area contributed by atoms with Gasteiger partial charge in [0.15, 0.2) is 0 Å². The molecule has 1 heterocycles. The molecule has 0 atom stereocenters. The van der Waals surface area contributed by atoms with Gasteiger partial charge < -0.3 is 4.74 Å². The van der Waals surface area contributed by atoms with Crippen molar-refractivity contribution in [2.45, 2.75) is 26.2 Å².